The summed E-state index contributed by atoms with van der Waals surface area (Å²) in [5, 5.41) is 2.11. The lowest BCUT2D eigenvalue weighted by Gasteiger charge is -2.17. The number of rotatable bonds is 1. The summed E-state index contributed by atoms with van der Waals surface area (Å²) in [6.45, 7) is 0. The van der Waals surface area contributed by atoms with Crippen molar-refractivity contribution >= 4 is 22.9 Å². The van der Waals surface area contributed by atoms with Crippen LogP contribution in [0.15, 0.2) is 17.5 Å². The van der Waals surface area contributed by atoms with Crippen LogP contribution in [0.1, 0.15) is 16.9 Å². The largest absolute Gasteiger partial charge is 0.327 e. The first-order valence-electron chi connectivity index (χ1n) is 5.11. The SMILES string of the molecule is NC1CCc2c(-c3cccs3)nsc2C1. The second kappa shape index (κ2) is 3.70. The number of aromatic nitrogens is 1. The normalized spacial score (nSPS) is 20.2. The van der Waals surface area contributed by atoms with Crippen LogP contribution in [-0.2, 0) is 12.8 Å². The molecule has 0 spiro atoms. The van der Waals surface area contributed by atoms with Gasteiger partial charge in [-0.05, 0) is 47.8 Å². The quantitative estimate of drug-likeness (QED) is 0.827. The Hall–Kier alpha value is -0.710. The van der Waals surface area contributed by atoms with Gasteiger partial charge in [-0.15, -0.1) is 11.3 Å². The number of hydrogen-bond acceptors (Lipinski definition) is 4. The maximum Gasteiger partial charge on any atom is 0.0975 e. The van der Waals surface area contributed by atoms with Gasteiger partial charge >= 0.3 is 0 Å². The van der Waals surface area contributed by atoms with Crippen molar-refractivity contribution < 1.29 is 0 Å². The summed E-state index contributed by atoms with van der Waals surface area (Å²) in [7, 11) is 0. The van der Waals surface area contributed by atoms with E-state index in [-0.39, 0.29) is 0 Å². The number of fused-ring (bicyclic) bond motifs is 1. The molecule has 0 saturated heterocycles. The van der Waals surface area contributed by atoms with Gasteiger partial charge in [0, 0.05) is 10.9 Å². The molecule has 1 unspecified atom stereocenters. The molecule has 0 saturated carbocycles. The van der Waals surface area contributed by atoms with Crippen LogP contribution in [0.25, 0.3) is 10.6 Å². The Labute approximate surface area is 96.9 Å². The Morgan fingerprint density at radius 1 is 1.47 bits per heavy atom. The van der Waals surface area contributed by atoms with Crippen LogP contribution in [0.4, 0.5) is 0 Å². The molecule has 2 aromatic rings. The van der Waals surface area contributed by atoms with Crippen LogP contribution in [0, 0.1) is 0 Å². The third kappa shape index (κ3) is 1.62. The summed E-state index contributed by atoms with van der Waals surface area (Å²) < 4.78 is 4.57. The van der Waals surface area contributed by atoms with Gasteiger partial charge in [-0.25, -0.2) is 0 Å². The van der Waals surface area contributed by atoms with Crippen LogP contribution in [0.5, 0.6) is 0 Å². The highest BCUT2D eigenvalue weighted by Crippen LogP contribution is 2.35. The van der Waals surface area contributed by atoms with E-state index in [1.165, 1.54) is 21.0 Å². The molecule has 3 rings (SSSR count). The van der Waals surface area contributed by atoms with E-state index in [0.29, 0.717) is 6.04 Å². The molecule has 2 aromatic heterocycles. The summed E-state index contributed by atoms with van der Waals surface area (Å²) in [6, 6.07) is 4.57. The molecule has 0 fully saturated rings. The van der Waals surface area contributed by atoms with Gasteiger partial charge in [0.2, 0.25) is 0 Å². The topological polar surface area (TPSA) is 38.9 Å². The summed E-state index contributed by atoms with van der Waals surface area (Å²) in [5.74, 6) is 0. The van der Waals surface area contributed by atoms with Gasteiger partial charge in [0.15, 0.2) is 0 Å². The van der Waals surface area contributed by atoms with Crippen LogP contribution >= 0.6 is 22.9 Å². The van der Waals surface area contributed by atoms with Gasteiger partial charge in [0.05, 0.1) is 10.6 Å². The number of nitrogens with two attached hydrogens (primary N) is 1. The van der Waals surface area contributed by atoms with Crippen molar-refractivity contribution in [1.82, 2.24) is 4.37 Å². The predicted molar refractivity (Wildman–Crippen MR) is 65.4 cm³/mol. The second-order valence-electron chi connectivity index (χ2n) is 3.91. The van der Waals surface area contributed by atoms with Crippen molar-refractivity contribution in [1.29, 1.82) is 0 Å². The summed E-state index contributed by atoms with van der Waals surface area (Å²) in [5.41, 5.74) is 8.61. The third-order valence-electron chi connectivity index (χ3n) is 2.84. The first-order chi connectivity index (χ1) is 7.34. The van der Waals surface area contributed by atoms with E-state index in [0.717, 1.165) is 19.3 Å². The van der Waals surface area contributed by atoms with E-state index >= 15 is 0 Å². The Kier molecular flexibility index (Phi) is 2.35. The molecule has 0 radical (unpaired) electrons. The van der Waals surface area contributed by atoms with Crippen LogP contribution in [-0.4, -0.2) is 10.4 Å². The maximum atomic E-state index is 5.96. The summed E-state index contributed by atoms with van der Waals surface area (Å²) in [6.07, 6.45) is 3.21. The minimum Gasteiger partial charge on any atom is -0.327 e. The molecule has 0 aromatic carbocycles. The van der Waals surface area contributed by atoms with E-state index in [4.69, 9.17) is 5.73 Å². The zero-order chi connectivity index (χ0) is 10.3. The lowest BCUT2D eigenvalue weighted by atomic mass is 9.93. The number of thiophene rings is 1. The van der Waals surface area contributed by atoms with E-state index in [9.17, 15) is 0 Å². The Morgan fingerprint density at radius 2 is 2.40 bits per heavy atom. The smallest absolute Gasteiger partial charge is 0.0975 e. The zero-order valence-corrected chi connectivity index (χ0v) is 9.90. The second-order valence-corrected chi connectivity index (χ2v) is 5.72. The molecule has 1 aliphatic carbocycles. The molecule has 1 aliphatic rings. The van der Waals surface area contributed by atoms with Gasteiger partial charge in [0.1, 0.15) is 0 Å². The van der Waals surface area contributed by atoms with Gasteiger partial charge in [-0.2, -0.15) is 4.37 Å². The molecule has 2 N–H and O–H groups in total. The molecule has 4 heteroatoms. The molecular formula is C11H12N2S2. The Morgan fingerprint density at radius 3 is 3.20 bits per heavy atom. The Bertz CT molecular complexity index is 459. The molecule has 2 nitrogen and oxygen atoms in total. The molecule has 0 amide bonds. The maximum absolute atomic E-state index is 5.96. The van der Waals surface area contributed by atoms with Crippen LogP contribution in [0.3, 0.4) is 0 Å². The lowest BCUT2D eigenvalue weighted by Crippen LogP contribution is -2.26. The van der Waals surface area contributed by atoms with E-state index in [1.807, 2.05) is 0 Å². The van der Waals surface area contributed by atoms with Gasteiger partial charge in [0.25, 0.3) is 0 Å². The molecule has 15 heavy (non-hydrogen) atoms. The third-order valence-corrected chi connectivity index (χ3v) is 4.62. The lowest BCUT2D eigenvalue weighted by molar-refractivity contribution is 0.585. The van der Waals surface area contributed by atoms with E-state index < -0.39 is 0 Å². The molecule has 78 valence electrons. The number of hydrogen-bond donors (Lipinski definition) is 1. The summed E-state index contributed by atoms with van der Waals surface area (Å²) in [4.78, 5) is 2.69. The molecule has 0 aliphatic heterocycles. The summed E-state index contributed by atoms with van der Waals surface area (Å²) >= 11 is 3.40. The van der Waals surface area contributed by atoms with Crippen molar-refractivity contribution in [2.24, 2.45) is 5.73 Å². The fourth-order valence-electron chi connectivity index (χ4n) is 2.04. The molecule has 1 atom stereocenters. The van der Waals surface area contributed by atoms with Crippen LogP contribution < -0.4 is 5.73 Å². The zero-order valence-electron chi connectivity index (χ0n) is 8.27. The Balaban J connectivity index is 2.05. The van der Waals surface area contributed by atoms with E-state index in [1.54, 1.807) is 22.9 Å². The number of nitrogens with zero attached hydrogens (tertiary/aromatic N) is 1. The highest BCUT2D eigenvalue weighted by atomic mass is 32.1. The van der Waals surface area contributed by atoms with Gasteiger partial charge in [-0.1, -0.05) is 6.07 Å². The highest BCUT2D eigenvalue weighted by Gasteiger charge is 2.22. The van der Waals surface area contributed by atoms with Crippen molar-refractivity contribution in [3.8, 4) is 10.6 Å². The minimum atomic E-state index is 0.342. The van der Waals surface area contributed by atoms with Crippen molar-refractivity contribution in [2.75, 3.05) is 0 Å². The molecule has 0 bridgehead atoms. The highest BCUT2D eigenvalue weighted by molar-refractivity contribution is 7.14. The first kappa shape index (κ1) is 9.51. The molecule has 2 heterocycles. The van der Waals surface area contributed by atoms with Crippen molar-refractivity contribution in [2.45, 2.75) is 25.3 Å². The fraction of sp³-hybridized carbons (Fsp3) is 0.364. The van der Waals surface area contributed by atoms with Gasteiger partial charge in [-0.3, -0.25) is 0 Å². The fourth-order valence-corrected chi connectivity index (χ4v) is 3.84. The standard InChI is InChI=1S/C11H12N2S2/c12-7-3-4-8-10(6-7)15-13-11(8)9-2-1-5-14-9/h1-2,5,7H,3-4,6,12H2. The van der Waals surface area contributed by atoms with Crippen LogP contribution in [0.2, 0.25) is 0 Å². The van der Waals surface area contributed by atoms with Crippen molar-refractivity contribution in [3.05, 3.63) is 28.0 Å². The molecular weight excluding hydrogens is 224 g/mol. The monoisotopic (exact) mass is 236 g/mol. The van der Waals surface area contributed by atoms with E-state index in [2.05, 4.69) is 21.9 Å². The first-order valence-corrected chi connectivity index (χ1v) is 6.77. The van der Waals surface area contributed by atoms with Crippen molar-refractivity contribution in [3.63, 3.8) is 0 Å². The predicted octanol–water partition coefficient (Wildman–Crippen LogP) is 2.69. The average Bonchev–Trinajstić information content (AvgIpc) is 2.82. The average molecular weight is 236 g/mol. The minimum absolute atomic E-state index is 0.342. The van der Waals surface area contributed by atoms with Gasteiger partial charge < -0.3 is 5.73 Å².